The molecule has 68 valence electrons. The van der Waals surface area contributed by atoms with E-state index in [1.807, 2.05) is 0 Å². The lowest BCUT2D eigenvalue weighted by atomic mass is 9.79. The largest absolute Gasteiger partial charge is 0.0654 e. The topological polar surface area (TPSA) is 0 Å². The number of hydrogen-bond acceptors (Lipinski definition) is 0. The molecular weight excluding hydrogens is 132 g/mol. The van der Waals surface area contributed by atoms with E-state index in [0.29, 0.717) is 5.41 Å². The molecule has 0 saturated carbocycles. The SMILES string of the molecule is CCCC[C@@](C)(CC)CCC. The van der Waals surface area contributed by atoms with Crippen molar-refractivity contribution in [2.45, 2.75) is 66.2 Å². The summed E-state index contributed by atoms with van der Waals surface area (Å²) in [7, 11) is 0. The summed E-state index contributed by atoms with van der Waals surface area (Å²) in [4.78, 5) is 0. The van der Waals surface area contributed by atoms with Gasteiger partial charge in [0.05, 0.1) is 0 Å². The Morgan fingerprint density at radius 2 is 1.55 bits per heavy atom. The van der Waals surface area contributed by atoms with E-state index in [1.54, 1.807) is 0 Å². The van der Waals surface area contributed by atoms with Crippen LogP contribution in [0.5, 0.6) is 0 Å². The highest BCUT2D eigenvalue weighted by atomic mass is 14.2. The van der Waals surface area contributed by atoms with Crippen molar-refractivity contribution in [1.29, 1.82) is 0 Å². The number of hydrogen-bond donors (Lipinski definition) is 0. The Labute approximate surface area is 72.4 Å². The van der Waals surface area contributed by atoms with Crippen molar-refractivity contribution >= 4 is 0 Å². The van der Waals surface area contributed by atoms with Gasteiger partial charge in [-0.1, -0.05) is 53.4 Å². The maximum absolute atomic E-state index is 2.44. The summed E-state index contributed by atoms with van der Waals surface area (Å²) < 4.78 is 0. The van der Waals surface area contributed by atoms with Gasteiger partial charge in [-0.05, 0) is 18.3 Å². The molecule has 0 aromatic carbocycles. The normalized spacial score (nSPS) is 16.4. The lowest BCUT2D eigenvalue weighted by molar-refractivity contribution is 0.250. The molecule has 0 fully saturated rings. The van der Waals surface area contributed by atoms with Gasteiger partial charge in [0.2, 0.25) is 0 Å². The Bertz CT molecular complexity index is 86.0. The van der Waals surface area contributed by atoms with Crippen molar-refractivity contribution in [2.75, 3.05) is 0 Å². The summed E-state index contributed by atoms with van der Waals surface area (Å²) in [5, 5.41) is 0. The first kappa shape index (κ1) is 11.0. The maximum atomic E-state index is 2.44. The minimum absolute atomic E-state index is 0.644. The Morgan fingerprint density at radius 3 is 1.91 bits per heavy atom. The molecule has 0 rings (SSSR count). The predicted molar refractivity (Wildman–Crippen MR) is 52.8 cm³/mol. The van der Waals surface area contributed by atoms with E-state index in [2.05, 4.69) is 27.7 Å². The summed E-state index contributed by atoms with van der Waals surface area (Å²) in [5.74, 6) is 0. The standard InChI is InChI=1S/C11H24/c1-5-8-10-11(4,7-3)9-6-2/h5-10H2,1-4H3/t11-/m0/s1. The third-order valence-electron chi connectivity index (χ3n) is 2.84. The molecule has 0 aliphatic carbocycles. The van der Waals surface area contributed by atoms with Crippen LogP contribution < -0.4 is 0 Å². The maximum Gasteiger partial charge on any atom is -0.0329 e. The second-order valence-corrected chi connectivity index (χ2v) is 4.02. The molecule has 0 aromatic rings. The van der Waals surface area contributed by atoms with Gasteiger partial charge in [-0.15, -0.1) is 0 Å². The van der Waals surface area contributed by atoms with Crippen LogP contribution >= 0.6 is 0 Å². The Balaban J connectivity index is 3.68. The summed E-state index contributed by atoms with van der Waals surface area (Å²) in [6.07, 6.45) is 8.27. The summed E-state index contributed by atoms with van der Waals surface area (Å²) in [5.41, 5.74) is 0.644. The van der Waals surface area contributed by atoms with E-state index in [4.69, 9.17) is 0 Å². The minimum atomic E-state index is 0.644. The molecule has 0 heteroatoms. The van der Waals surface area contributed by atoms with E-state index in [0.717, 1.165) is 0 Å². The number of unbranched alkanes of at least 4 members (excludes halogenated alkanes) is 1. The molecule has 11 heavy (non-hydrogen) atoms. The van der Waals surface area contributed by atoms with Crippen LogP contribution in [-0.2, 0) is 0 Å². The molecule has 0 aliphatic rings. The highest BCUT2D eigenvalue weighted by Gasteiger charge is 2.19. The molecule has 1 atom stereocenters. The smallest absolute Gasteiger partial charge is 0.0329 e. The van der Waals surface area contributed by atoms with Crippen LogP contribution in [0.1, 0.15) is 66.2 Å². The van der Waals surface area contributed by atoms with Crippen LogP contribution in [0.4, 0.5) is 0 Å². The average Bonchev–Trinajstić information content (AvgIpc) is 2.02. The Morgan fingerprint density at radius 1 is 0.909 bits per heavy atom. The van der Waals surface area contributed by atoms with Gasteiger partial charge in [0.1, 0.15) is 0 Å². The molecule has 0 unspecified atom stereocenters. The number of rotatable bonds is 6. The Hall–Kier alpha value is 0. The molecule has 0 nitrogen and oxygen atoms in total. The molecule has 0 N–H and O–H groups in total. The lowest BCUT2D eigenvalue weighted by Gasteiger charge is -2.27. The van der Waals surface area contributed by atoms with Crippen molar-refractivity contribution in [2.24, 2.45) is 5.41 Å². The van der Waals surface area contributed by atoms with E-state index < -0.39 is 0 Å². The monoisotopic (exact) mass is 156 g/mol. The first-order chi connectivity index (χ1) is 5.18. The quantitative estimate of drug-likeness (QED) is 0.535. The predicted octanol–water partition coefficient (Wildman–Crippen LogP) is 4.39. The lowest BCUT2D eigenvalue weighted by Crippen LogP contribution is -2.14. The van der Waals surface area contributed by atoms with Gasteiger partial charge in [-0.2, -0.15) is 0 Å². The summed E-state index contributed by atoms with van der Waals surface area (Å²) in [6.45, 7) is 9.33. The van der Waals surface area contributed by atoms with E-state index in [9.17, 15) is 0 Å². The molecule has 0 aromatic heterocycles. The molecule has 0 bridgehead atoms. The van der Waals surface area contributed by atoms with Gasteiger partial charge in [0.15, 0.2) is 0 Å². The van der Waals surface area contributed by atoms with E-state index in [1.165, 1.54) is 38.5 Å². The molecule has 0 amide bonds. The van der Waals surface area contributed by atoms with Crippen molar-refractivity contribution in [1.82, 2.24) is 0 Å². The van der Waals surface area contributed by atoms with Crippen LogP contribution in [0.15, 0.2) is 0 Å². The zero-order valence-electron chi connectivity index (χ0n) is 8.74. The van der Waals surface area contributed by atoms with E-state index in [-0.39, 0.29) is 0 Å². The molecule has 0 heterocycles. The summed E-state index contributed by atoms with van der Waals surface area (Å²) >= 11 is 0. The second kappa shape index (κ2) is 5.62. The zero-order chi connectivity index (χ0) is 8.74. The average molecular weight is 156 g/mol. The molecular formula is C11H24. The third kappa shape index (κ3) is 4.44. The second-order valence-electron chi connectivity index (χ2n) is 4.02. The van der Waals surface area contributed by atoms with Crippen LogP contribution in [0.2, 0.25) is 0 Å². The van der Waals surface area contributed by atoms with Crippen molar-refractivity contribution in [3.05, 3.63) is 0 Å². The molecule has 0 aliphatic heterocycles. The highest BCUT2D eigenvalue weighted by molar-refractivity contribution is 4.71. The fourth-order valence-corrected chi connectivity index (χ4v) is 1.69. The first-order valence-electron chi connectivity index (χ1n) is 5.18. The van der Waals surface area contributed by atoms with Gasteiger partial charge in [-0.3, -0.25) is 0 Å². The van der Waals surface area contributed by atoms with Gasteiger partial charge in [0, 0.05) is 0 Å². The van der Waals surface area contributed by atoms with Gasteiger partial charge >= 0.3 is 0 Å². The minimum Gasteiger partial charge on any atom is -0.0654 e. The van der Waals surface area contributed by atoms with Gasteiger partial charge in [0.25, 0.3) is 0 Å². The Kier molecular flexibility index (Phi) is 5.62. The van der Waals surface area contributed by atoms with Crippen molar-refractivity contribution in [3.63, 3.8) is 0 Å². The molecule has 0 saturated heterocycles. The first-order valence-corrected chi connectivity index (χ1v) is 5.18. The summed E-state index contributed by atoms with van der Waals surface area (Å²) in [6, 6.07) is 0. The van der Waals surface area contributed by atoms with Crippen molar-refractivity contribution in [3.8, 4) is 0 Å². The van der Waals surface area contributed by atoms with Crippen LogP contribution in [0, 0.1) is 5.41 Å². The fourth-order valence-electron chi connectivity index (χ4n) is 1.69. The van der Waals surface area contributed by atoms with Crippen LogP contribution in [-0.4, -0.2) is 0 Å². The highest BCUT2D eigenvalue weighted by Crippen LogP contribution is 2.32. The van der Waals surface area contributed by atoms with Gasteiger partial charge < -0.3 is 0 Å². The van der Waals surface area contributed by atoms with E-state index >= 15 is 0 Å². The molecule has 0 spiro atoms. The van der Waals surface area contributed by atoms with Crippen LogP contribution in [0.3, 0.4) is 0 Å². The fraction of sp³-hybridized carbons (Fsp3) is 1.00. The zero-order valence-corrected chi connectivity index (χ0v) is 8.74. The van der Waals surface area contributed by atoms with Crippen LogP contribution in [0.25, 0.3) is 0 Å². The van der Waals surface area contributed by atoms with Crippen molar-refractivity contribution < 1.29 is 0 Å². The third-order valence-corrected chi connectivity index (χ3v) is 2.84. The molecule has 0 radical (unpaired) electrons. The van der Waals surface area contributed by atoms with Gasteiger partial charge in [-0.25, -0.2) is 0 Å².